The van der Waals surface area contributed by atoms with E-state index in [-0.39, 0.29) is 11.8 Å². The Bertz CT molecular complexity index is 417. The van der Waals surface area contributed by atoms with Gasteiger partial charge in [-0.25, -0.2) is 4.85 Å². The first-order chi connectivity index (χ1) is 6.22. The Labute approximate surface area is 76.2 Å². The number of hydrogen-bond donors (Lipinski definition) is 1. The molecular weight excluding hydrogens is 164 g/mol. The second-order valence-corrected chi connectivity index (χ2v) is 3.09. The Morgan fingerprint density at radius 2 is 2.31 bits per heavy atom. The molecule has 0 saturated carbocycles. The molecule has 0 aromatic heterocycles. The SMILES string of the molecule is [C-]#[N+]c1ccc2c(c1)C(C)C(=O)N2. The van der Waals surface area contributed by atoms with E-state index in [4.69, 9.17) is 6.57 Å². The molecule has 2 rings (SSSR count). The maximum atomic E-state index is 11.2. The number of anilines is 1. The molecule has 1 aromatic rings. The molecule has 1 heterocycles. The van der Waals surface area contributed by atoms with Gasteiger partial charge in [0.05, 0.1) is 12.5 Å². The maximum Gasteiger partial charge on any atom is 0.231 e. The molecule has 3 nitrogen and oxygen atoms in total. The zero-order valence-electron chi connectivity index (χ0n) is 7.16. The molecule has 1 atom stereocenters. The normalized spacial score (nSPS) is 19.1. The summed E-state index contributed by atoms with van der Waals surface area (Å²) < 4.78 is 0. The summed E-state index contributed by atoms with van der Waals surface area (Å²) in [6.07, 6.45) is 0. The number of rotatable bonds is 0. The molecule has 1 aliphatic rings. The molecule has 1 unspecified atom stereocenters. The molecule has 0 fully saturated rings. The lowest BCUT2D eigenvalue weighted by atomic mass is 10.0. The number of carbonyl (C=O) groups is 1. The monoisotopic (exact) mass is 172 g/mol. The molecule has 1 aliphatic heterocycles. The van der Waals surface area contributed by atoms with E-state index in [1.807, 2.05) is 6.92 Å². The highest BCUT2D eigenvalue weighted by Gasteiger charge is 2.25. The van der Waals surface area contributed by atoms with Crippen LogP contribution in [0.5, 0.6) is 0 Å². The first kappa shape index (κ1) is 7.81. The summed E-state index contributed by atoms with van der Waals surface area (Å²) in [5, 5.41) is 2.76. The third kappa shape index (κ3) is 1.07. The first-order valence-corrected chi connectivity index (χ1v) is 4.04. The Kier molecular flexibility index (Phi) is 1.56. The van der Waals surface area contributed by atoms with Crippen molar-refractivity contribution in [2.24, 2.45) is 0 Å². The van der Waals surface area contributed by atoms with Gasteiger partial charge in [-0.05, 0) is 18.6 Å². The fourth-order valence-corrected chi connectivity index (χ4v) is 1.47. The quantitative estimate of drug-likeness (QED) is 0.598. The van der Waals surface area contributed by atoms with Gasteiger partial charge in [-0.3, -0.25) is 4.79 Å². The Morgan fingerprint density at radius 3 is 3.00 bits per heavy atom. The van der Waals surface area contributed by atoms with Gasteiger partial charge in [-0.1, -0.05) is 12.1 Å². The van der Waals surface area contributed by atoms with Crippen molar-refractivity contribution in [3.63, 3.8) is 0 Å². The first-order valence-electron chi connectivity index (χ1n) is 4.04. The van der Waals surface area contributed by atoms with E-state index < -0.39 is 0 Å². The molecule has 64 valence electrons. The van der Waals surface area contributed by atoms with Gasteiger partial charge in [0, 0.05) is 5.69 Å². The number of nitrogens with one attached hydrogen (secondary N) is 1. The standard InChI is InChI=1S/C10H8N2O/c1-6-8-5-7(11-2)3-4-9(8)12-10(6)13/h3-6H,1H3,(H,12,13). The van der Waals surface area contributed by atoms with E-state index in [0.717, 1.165) is 11.3 Å². The average Bonchev–Trinajstić information content (AvgIpc) is 2.43. The lowest BCUT2D eigenvalue weighted by Crippen LogP contribution is -2.08. The van der Waals surface area contributed by atoms with Crippen molar-refractivity contribution < 1.29 is 4.79 Å². The maximum absolute atomic E-state index is 11.2. The highest BCUT2D eigenvalue weighted by atomic mass is 16.2. The molecule has 1 N–H and O–H groups in total. The van der Waals surface area contributed by atoms with E-state index in [1.54, 1.807) is 18.2 Å². The molecule has 0 saturated heterocycles. The highest BCUT2D eigenvalue weighted by Crippen LogP contribution is 2.34. The fourth-order valence-electron chi connectivity index (χ4n) is 1.47. The summed E-state index contributed by atoms with van der Waals surface area (Å²) in [6, 6.07) is 5.26. The summed E-state index contributed by atoms with van der Waals surface area (Å²) in [5.74, 6) is -0.117. The van der Waals surface area contributed by atoms with Crippen LogP contribution in [0.25, 0.3) is 4.85 Å². The van der Waals surface area contributed by atoms with Crippen LogP contribution in [0.15, 0.2) is 18.2 Å². The summed E-state index contributed by atoms with van der Waals surface area (Å²) in [6.45, 7) is 8.68. The molecule has 1 aromatic carbocycles. The van der Waals surface area contributed by atoms with Crippen LogP contribution in [0, 0.1) is 6.57 Å². The minimum atomic E-state index is -0.128. The average molecular weight is 172 g/mol. The van der Waals surface area contributed by atoms with Crippen molar-refractivity contribution in [2.45, 2.75) is 12.8 Å². The number of amides is 1. The lowest BCUT2D eigenvalue weighted by Gasteiger charge is -2.00. The summed E-state index contributed by atoms with van der Waals surface area (Å²) in [4.78, 5) is 14.6. The van der Waals surface area contributed by atoms with Crippen LogP contribution in [0.2, 0.25) is 0 Å². The van der Waals surface area contributed by atoms with Gasteiger partial charge in [-0.15, -0.1) is 0 Å². The fraction of sp³-hybridized carbons (Fsp3) is 0.200. The predicted molar refractivity (Wildman–Crippen MR) is 49.7 cm³/mol. The van der Waals surface area contributed by atoms with Crippen LogP contribution in [0.1, 0.15) is 18.4 Å². The van der Waals surface area contributed by atoms with E-state index in [2.05, 4.69) is 10.2 Å². The summed E-state index contributed by atoms with van der Waals surface area (Å²) in [5.41, 5.74) is 2.35. The summed E-state index contributed by atoms with van der Waals surface area (Å²) >= 11 is 0. The largest absolute Gasteiger partial charge is 0.325 e. The van der Waals surface area contributed by atoms with Gasteiger partial charge in [0.1, 0.15) is 0 Å². The van der Waals surface area contributed by atoms with Crippen LogP contribution >= 0.6 is 0 Å². The second kappa shape index (κ2) is 2.60. The molecule has 1 amide bonds. The van der Waals surface area contributed by atoms with Gasteiger partial charge in [0.2, 0.25) is 5.91 Å². The third-order valence-corrected chi connectivity index (χ3v) is 2.28. The lowest BCUT2D eigenvalue weighted by molar-refractivity contribution is -0.116. The molecule has 0 aliphatic carbocycles. The van der Waals surface area contributed by atoms with Gasteiger partial charge in [0.25, 0.3) is 0 Å². The van der Waals surface area contributed by atoms with Crippen LogP contribution in [-0.2, 0) is 4.79 Å². The smallest absolute Gasteiger partial charge is 0.231 e. The topological polar surface area (TPSA) is 33.5 Å². The predicted octanol–water partition coefficient (Wildman–Crippen LogP) is 2.29. The van der Waals surface area contributed by atoms with Gasteiger partial charge in [0.15, 0.2) is 5.69 Å². The highest BCUT2D eigenvalue weighted by molar-refractivity contribution is 6.02. The van der Waals surface area contributed by atoms with Gasteiger partial charge < -0.3 is 5.32 Å². The number of benzene rings is 1. The van der Waals surface area contributed by atoms with E-state index in [9.17, 15) is 4.79 Å². The molecule has 0 bridgehead atoms. The van der Waals surface area contributed by atoms with E-state index in [0.29, 0.717) is 5.69 Å². The van der Waals surface area contributed by atoms with Crippen molar-refractivity contribution in [2.75, 3.05) is 5.32 Å². The molecule has 13 heavy (non-hydrogen) atoms. The van der Waals surface area contributed by atoms with E-state index in [1.165, 1.54) is 0 Å². The molecular formula is C10H8N2O. The molecule has 0 radical (unpaired) electrons. The van der Waals surface area contributed by atoms with Gasteiger partial charge >= 0.3 is 0 Å². The Balaban J connectivity index is 2.55. The van der Waals surface area contributed by atoms with E-state index >= 15 is 0 Å². The van der Waals surface area contributed by atoms with Crippen molar-refractivity contribution in [1.82, 2.24) is 0 Å². The third-order valence-electron chi connectivity index (χ3n) is 2.28. The van der Waals surface area contributed by atoms with Crippen LogP contribution < -0.4 is 5.32 Å². The van der Waals surface area contributed by atoms with Crippen molar-refractivity contribution in [3.8, 4) is 0 Å². The number of fused-ring (bicyclic) bond motifs is 1. The van der Waals surface area contributed by atoms with Crippen molar-refractivity contribution in [1.29, 1.82) is 0 Å². The Morgan fingerprint density at radius 1 is 1.54 bits per heavy atom. The van der Waals surface area contributed by atoms with Crippen LogP contribution in [0.4, 0.5) is 11.4 Å². The molecule has 0 spiro atoms. The number of hydrogen-bond acceptors (Lipinski definition) is 1. The van der Waals surface area contributed by atoms with Crippen LogP contribution in [0.3, 0.4) is 0 Å². The minimum Gasteiger partial charge on any atom is -0.325 e. The van der Waals surface area contributed by atoms with Crippen molar-refractivity contribution >= 4 is 17.3 Å². The van der Waals surface area contributed by atoms with Gasteiger partial charge in [-0.2, -0.15) is 0 Å². The molecule has 3 heteroatoms. The Hall–Kier alpha value is -1.82. The minimum absolute atomic E-state index is 0.0112. The van der Waals surface area contributed by atoms with Crippen LogP contribution in [-0.4, -0.2) is 5.91 Å². The number of carbonyl (C=O) groups excluding carboxylic acids is 1. The number of nitrogens with zero attached hydrogens (tertiary/aromatic N) is 1. The zero-order chi connectivity index (χ0) is 9.42. The second-order valence-electron chi connectivity index (χ2n) is 3.09. The summed E-state index contributed by atoms with van der Waals surface area (Å²) in [7, 11) is 0. The van der Waals surface area contributed by atoms with Crippen molar-refractivity contribution in [3.05, 3.63) is 35.2 Å². The zero-order valence-corrected chi connectivity index (χ0v) is 7.16.